The minimum atomic E-state index is -2.36. The lowest BCUT2D eigenvalue weighted by Gasteiger charge is -2.42. The summed E-state index contributed by atoms with van der Waals surface area (Å²) in [5.41, 5.74) is 7.63. The number of halogens is 1. The molecule has 0 N–H and O–H groups in total. The first-order valence-electron chi connectivity index (χ1n) is 12.0. The number of aliphatic imine (C=N–C) groups is 1. The first-order valence-corrected chi connectivity index (χ1v) is 14.6. The molecular formula is C29H28FN2O2P. The molecule has 1 saturated heterocycles. The Labute approximate surface area is 204 Å². The third kappa shape index (κ3) is 3.52. The van der Waals surface area contributed by atoms with E-state index in [4.69, 9.17) is 4.74 Å². The fraction of sp³-hybridized carbons (Fsp3) is 0.276. The normalized spacial score (nSPS) is 16.5. The molecule has 35 heavy (non-hydrogen) atoms. The van der Waals surface area contributed by atoms with Crippen molar-refractivity contribution < 1.29 is 13.7 Å². The van der Waals surface area contributed by atoms with E-state index in [0.29, 0.717) is 19.8 Å². The Bertz CT molecular complexity index is 1520. The third-order valence-corrected chi connectivity index (χ3v) is 9.06. The van der Waals surface area contributed by atoms with Crippen molar-refractivity contribution >= 4 is 29.6 Å². The van der Waals surface area contributed by atoms with Crippen LogP contribution in [0.1, 0.15) is 30.2 Å². The number of fused-ring (bicyclic) bond motifs is 2. The highest BCUT2D eigenvalue weighted by Gasteiger charge is 2.44. The first-order chi connectivity index (χ1) is 16.8. The summed E-state index contributed by atoms with van der Waals surface area (Å²) in [6.07, 6.45) is 2.86. The van der Waals surface area contributed by atoms with Gasteiger partial charge in [0.15, 0.2) is 0 Å². The number of hydrogen-bond acceptors (Lipinski definition) is 3. The van der Waals surface area contributed by atoms with Crippen LogP contribution in [0.3, 0.4) is 0 Å². The lowest BCUT2D eigenvalue weighted by Crippen LogP contribution is -2.47. The van der Waals surface area contributed by atoms with Gasteiger partial charge >= 0.3 is 0 Å². The molecule has 0 amide bonds. The fourth-order valence-corrected chi connectivity index (χ4v) is 6.26. The van der Waals surface area contributed by atoms with Gasteiger partial charge in [0.05, 0.1) is 30.7 Å². The lowest BCUT2D eigenvalue weighted by atomic mass is 9.76. The summed E-state index contributed by atoms with van der Waals surface area (Å²) in [5, 5.41) is 2.02. The maximum Gasteiger partial charge on any atom is 0.123 e. The van der Waals surface area contributed by atoms with Crippen LogP contribution < -0.4 is 5.30 Å². The van der Waals surface area contributed by atoms with Crippen LogP contribution in [0.4, 0.5) is 4.39 Å². The summed E-state index contributed by atoms with van der Waals surface area (Å²) in [7, 11) is -2.36. The second-order valence-electron chi connectivity index (χ2n) is 10.1. The van der Waals surface area contributed by atoms with E-state index in [9.17, 15) is 8.96 Å². The first kappa shape index (κ1) is 22.5. The highest BCUT2D eigenvalue weighted by molar-refractivity contribution is 7.70. The minimum Gasteiger partial charge on any atom is -0.379 e. The van der Waals surface area contributed by atoms with Crippen LogP contribution in [0.15, 0.2) is 65.7 Å². The molecule has 0 atom stereocenters. The summed E-state index contributed by atoms with van der Waals surface area (Å²) >= 11 is 0. The lowest BCUT2D eigenvalue weighted by molar-refractivity contribution is -0.0644. The molecule has 0 bridgehead atoms. The van der Waals surface area contributed by atoms with Crippen LogP contribution in [0.2, 0.25) is 0 Å². The van der Waals surface area contributed by atoms with Gasteiger partial charge in [-0.3, -0.25) is 4.99 Å². The predicted molar refractivity (Wildman–Crippen MR) is 142 cm³/mol. The number of nitrogens with zero attached hydrogens (tertiary/aromatic N) is 2. The molecule has 0 aliphatic carbocycles. The van der Waals surface area contributed by atoms with Gasteiger partial charge in [0.1, 0.15) is 13.0 Å². The Hall–Kier alpha value is -3.01. The molecular weight excluding hydrogens is 458 g/mol. The maximum absolute atomic E-state index is 13.9. The number of benzene rings is 3. The van der Waals surface area contributed by atoms with Crippen molar-refractivity contribution in [3.63, 3.8) is 0 Å². The zero-order valence-corrected chi connectivity index (χ0v) is 21.1. The Balaban J connectivity index is 1.72. The van der Waals surface area contributed by atoms with E-state index in [0.717, 1.165) is 45.0 Å². The molecule has 1 fully saturated rings. The molecule has 4 aromatic rings. The van der Waals surface area contributed by atoms with Crippen molar-refractivity contribution in [2.24, 2.45) is 4.99 Å². The summed E-state index contributed by atoms with van der Waals surface area (Å²) < 4.78 is 34.7. The van der Waals surface area contributed by atoms with Crippen LogP contribution in [-0.4, -0.2) is 37.3 Å². The second kappa shape index (κ2) is 8.01. The molecule has 3 aromatic carbocycles. The molecule has 6 rings (SSSR count). The minimum absolute atomic E-state index is 0.148. The summed E-state index contributed by atoms with van der Waals surface area (Å²) in [6, 6.07) is 19.4. The summed E-state index contributed by atoms with van der Waals surface area (Å²) in [4.78, 5) is 4.49. The number of aromatic nitrogens is 1. The van der Waals surface area contributed by atoms with Crippen molar-refractivity contribution in [2.45, 2.75) is 25.3 Å². The monoisotopic (exact) mass is 486 g/mol. The molecule has 0 spiro atoms. The number of ether oxygens (including phenoxy) is 1. The molecule has 0 saturated carbocycles. The second-order valence-corrected chi connectivity index (χ2v) is 13.3. The van der Waals surface area contributed by atoms with Crippen LogP contribution in [0, 0.1) is 5.82 Å². The van der Waals surface area contributed by atoms with E-state index < -0.39 is 7.14 Å². The number of rotatable bonds is 5. The van der Waals surface area contributed by atoms with Gasteiger partial charge in [-0.25, -0.2) is 4.39 Å². The smallest absolute Gasteiger partial charge is 0.123 e. The molecule has 178 valence electrons. The molecule has 6 heteroatoms. The maximum atomic E-state index is 13.9. The van der Waals surface area contributed by atoms with Crippen molar-refractivity contribution in [3.05, 3.63) is 83.3 Å². The van der Waals surface area contributed by atoms with Gasteiger partial charge in [0, 0.05) is 33.9 Å². The molecule has 2 aliphatic heterocycles. The Kier molecular flexibility index (Phi) is 5.14. The molecule has 0 radical (unpaired) electrons. The topological polar surface area (TPSA) is 43.6 Å². The van der Waals surface area contributed by atoms with Crippen LogP contribution in [0.25, 0.3) is 27.7 Å². The quantitative estimate of drug-likeness (QED) is 0.311. The standard InChI is InChI=1S/C29H28FN2O2P/c1-4-29(17-34-18-29)28-27(19-5-11-24(12-6-19)35(2,3)33)25-13-20-15-31-16-21(20)14-26(25)32(28)23-9-7-22(30)8-10-23/h5-14,16H,4,15,17-18H2,1-3H3. The summed E-state index contributed by atoms with van der Waals surface area (Å²) in [5.74, 6) is -0.253. The largest absolute Gasteiger partial charge is 0.379 e. The molecule has 2 aliphatic rings. The van der Waals surface area contributed by atoms with Gasteiger partial charge < -0.3 is 13.9 Å². The van der Waals surface area contributed by atoms with E-state index >= 15 is 0 Å². The molecule has 3 heterocycles. The molecule has 0 unspecified atom stereocenters. The van der Waals surface area contributed by atoms with Crippen molar-refractivity contribution in [1.29, 1.82) is 0 Å². The van der Waals surface area contributed by atoms with E-state index in [2.05, 4.69) is 40.7 Å². The van der Waals surface area contributed by atoms with Crippen LogP contribution in [0.5, 0.6) is 0 Å². The highest BCUT2D eigenvalue weighted by Crippen LogP contribution is 2.48. The van der Waals surface area contributed by atoms with Gasteiger partial charge in [0.2, 0.25) is 0 Å². The van der Waals surface area contributed by atoms with Gasteiger partial charge in [0.25, 0.3) is 0 Å². The van der Waals surface area contributed by atoms with Crippen molar-refractivity contribution in [3.8, 4) is 16.8 Å². The average molecular weight is 487 g/mol. The molecule has 4 nitrogen and oxygen atoms in total. The van der Waals surface area contributed by atoms with E-state index in [-0.39, 0.29) is 11.2 Å². The Morgan fingerprint density at radius 2 is 1.77 bits per heavy atom. The van der Waals surface area contributed by atoms with E-state index in [1.807, 2.05) is 30.5 Å². The highest BCUT2D eigenvalue weighted by atomic mass is 31.2. The van der Waals surface area contributed by atoms with Gasteiger partial charge in [-0.2, -0.15) is 0 Å². The zero-order chi connectivity index (χ0) is 24.4. The van der Waals surface area contributed by atoms with E-state index in [1.54, 1.807) is 13.3 Å². The van der Waals surface area contributed by atoms with Crippen molar-refractivity contribution in [2.75, 3.05) is 26.5 Å². The average Bonchev–Trinajstić information content (AvgIpc) is 3.39. The van der Waals surface area contributed by atoms with Crippen LogP contribution in [-0.2, 0) is 21.3 Å². The fourth-order valence-electron chi connectivity index (χ4n) is 5.39. The number of hydrogen-bond donors (Lipinski definition) is 0. The van der Waals surface area contributed by atoms with E-state index in [1.165, 1.54) is 23.4 Å². The Morgan fingerprint density at radius 1 is 1.06 bits per heavy atom. The third-order valence-electron chi connectivity index (χ3n) is 7.52. The summed E-state index contributed by atoms with van der Waals surface area (Å²) in [6.45, 7) is 7.78. The predicted octanol–water partition coefficient (Wildman–Crippen LogP) is 6.30. The van der Waals surface area contributed by atoms with Crippen LogP contribution >= 0.6 is 7.14 Å². The van der Waals surface area contributed by atoms with Gasteiger partial charge in [-0.05, 0) is 72.8 Å². The van der Waals surface area contributed by atoms with Gasteiger partial charge in [-0.15, -0.1) is 0 Å². The Morgan fingerprint density at radius 3 is 2.37 bits per heavy atom. The molecule has 1 aromatic heterocycles. The zero-order valence-electron chi connectivity index (χ0n) is 20.2. The van der Waals surface area contributed by atoms with Crippen molar-refractivity contribution in [1.82, 2.24) is 4.57 Å². The van der Waals surface area contributed by atoms with Gasteiger partial charge in [-0.1, -0.05) is 31.2 Å². The SMILES string of the molecule is CCC1(c2c(-c3ccc(P(C)(C)=O)cc3)c3cc4c(cc3n2-c2ccc(F)cc2)C=NC4)COC1.